The molecule has 0 atom stereocenters. The fourth-order valence-electron chi connectivity index (χ4n) is 2.67. The van der Waals surface area contributed by atoms with E-state index in [0.29, 0.717) is 17.3 Å². The standard InChI is InChI=1S/C15H14N4O2/c16-9-15(7-1-2-8-15)14-18-13(19-21-14)11-5-3-10(4-6-11)12(17)20/h3-6H,1-2,7-8H2,(H2,17,20). The van der Waals surface area contributed by atoms with E-state index in [0.717, 1.165) is 31.2 Å². The number of hydrogen-bond donors (Lipinski definition) is 1. The van der Waals surface area contributed by atoms with E-state index in [1.165, 1.54) is 0 Å². The van der Waals surface area contributed by atoms with E-state index in [1.807, 2.05) is 0 Å². The number of primary amides is 1. The summed E-state index contributed by atoms with van der Waals surface area (Å²) in [6, 6.07) is 8.98. The first-order valence-electron chi connectivity index (χ1n) is 6.80. The maximum absolute atomic E-state index is 11.0. The summed E-state index contributed by atoms with van der Waals surface area (Å²) in [5.41, 5.74) is 5.71. The van der Waals surface area contributed by atoms with Crippen LogP contribution in [0, 0.1) is 11.3 Å². The van der Waals surface area contributed by atoms with Gasteiger partial charge in [0.1, 0.15) is 5.41 Å². The maximum Gasteiger partial charge on any atom is 0.248 e. The Morgan fingerprint density at radius 2 is 1.95 bits per heavy atom. The van der Waals surface area contributed by atoms with Crippen LogP contribution in [0.3, 0.4) is 0 Å². The lowest BCUT2D eigenvalue weighted by atomic mass is 9.88. The van der Waals surface area contributed by atoms with Gasteiger partial charge in [-0.15, -0.1) is 0 Å². The van der Waals surface area contributed by atoms with Gasteiger partial charge in [0, 0.05) is 11.1 Å². The summed E-state index contributed by atoms with van der Waals surface area (Å²) in [4.78, 5) is 15.4. The van der Waals surface area contributed by atoms with Gasteiger partial charge in [-0.3, -0.25) is 4.79 Å². The van der Waals surface area contributed by atoms with E-state index in [4.69, 9.17) is 10.3 Å². The summed E-state index contributed by atoms with van der Waals surface area (Å²) < 4.78 is 5.30. The van der Waals surface area contributed by atoms with Crippen molar-refractivity contribution in [3.63, 3.8) is 0 Å². The van der Waals surface area contributed by atoms with Crippen molar-refractivity contribution in [1.82, 2.24) is 10.1 Å². The summed E-state index contributed by atoms with van der Waals surface area (Å²) >= 11 is 0. The van der Waals surface area contributed by atoms with Gasteiger partial charge in [0.05, 0.1) is 6.07 Å². The average molecular weight is 282 g/mol. The highest BCUT2D eigenvalue weighted by Gasteiger charge is 2.41. The van der Waals surface area contributed by atoms with Gasteiger partial charge in [-0.1, -0.05) is 30.1 Å². The number of benzene rings is 1. The molecule has 2 N–H and O–H groups in total. The van der Waals surface area contributed by atoms with E-state index in [9.17, 15) is 10.1 Å². The third-order valence-electron chi connectivity index (χ3n) is 3.93. The fourth-order valence-corrected chi connectivity index (χ4v) is 2.67. The zero-order valence-electron chi connectivity index (χ0n) is 11.4. The van der Waals surface area contributed by atoms with Crippen LogP contribution in [-0.2, 0) is 5.41 Å². The molecule has 1 aliphatic rings. The Labute approximate surface area is 121 Å². The smallest absolute Gasteiger partial charge is 0.248 e. The number of carbonyl (C=O) groups excluding carboxylic acids is 1. The van der Waals surface area contributed by atoms with Crippen LogP contribution in [0.25, 0.3) is 11.4 Å². The van der Waals surface area contributed by atoms with Crippen molar-refractivity contribution in [3.05, 3.63) is 35.7 Å². The monoisotopic (exact) mass is 282 g/mol. The highest BCUT2D eigenvalue weighted by Crippen LogP contribution is 2.40. The molecule has 1 saturated carbocycles. The van der Waals surface area contributed by atoms with Crippen LogP contribution < -0.4 is 5.73 Å². The van der Waals surface area contributed by atoms with Crippen molar-refractivity contribution in [2.24, 2.45) is 5.73 Å². The van der Waals surface area contributed by atoms with Crippen LogP contribution in [-0.4, -0.2) is 16.0 Å². The minimum absolute atomic E-state index is 0.386. The SMILES string of the molecule is N#CC1(c2nc(-c3ccc(C(N)=O)cc3)no2)CCCC1. The van der Waals surface area contributed by atoms with Crippen molar-refractivity contribution in [3.8, 4) is 17.5 Å². The number of nitriles is 1. The molecule has 106 valence electrons. The first-order valence-corrected chi connectivity index (χ1v) is 6.80. The highest BCUT2D eigenvalue weighted by atomic mass is 16.5. The summed E-state index contributed by atoms with van der Waals surface area (Å²) in [5, 5.41) is 13.4. The molecule has 2 aromatic rings. The second-order valence-corrected chi connectivity index (χ2v) is 5.27. The number of carbonyl (C=O) groups is 1. The number of aromatic nitrogens is 2. The minimum Gasteiger partial charge on any atom is -0.366 e. The van der Waals surface area contributed by atoms with Gasteiger partial charge in [-0.05, 0) is 25.0 Å². The van der Waals surface area contributed by atoms with Crippen LogP contribution >= 0.6 is 0 Å². The number of nitrogens with zero attached hydrogens (tertiary/aromatic N) is 3. The van der Waals surface area contributed by atoms with Gasteiger partial charge in [0.25, 0.3) is 0 Å². The van der Waals surface area contributed by atoms with Gasteiger partial charge in [0.15, 0.2) is 0 Å². The van der Waals surface area contributed by atoms with Crippen LogP contribution in [0.1, 0.15) is 41.9 Å². The molecule has 6 heteroatoms. The lowest BCUT2D eigenvalue weighted by Gasteiger charge is -2.13. The number of nitrogens with two attached hydrogens (primary N) is 1. The van der Waals surface area contributed by atoms with Crippen molar-refractivity contribution in [2.45, 2.75) is 31.1 Å². The molecule has 0 aliphatic heterocycles. The molecule has 0 spiro atoms. The Balaban J connectivity index is 1.91. The molecule has 1 amide bonds. The normalized spacial score (nSPS) is 16.5. The number of hydrogen-bond acceptors (Lipinski definition) is 5. The predicted octanol–water partition coefficient (Wildman–Crippen LogP) is 2.17. The van der Waals surface area contributed by atoms with Gasteiger partial charge < -0.3 is 10.3 Å². The first kappa shape index (κ1) is 13.3. The highest BCUT2D eigenvalue weighted by molar-refractivity contribution is 5.93. The van der Waals surface area contributed by atoms with Gasteiger partial charge in [-0.2, -0.15) is 10.2 Å². The molecule has 1 aliphatic carbocycles. The largest absolute Gasteiger partial charge is 0.366 e. The number of amides is 1. The molecule has 1 fully saturated rings. The van der Waals surface area contributed by atoms with Crippen molar-refractivity contribution < 1.29 is 9.32 Å². The molecule has 1 aromatic carbocycles. The summed E-state index contributed by atoms with van der Waals surface area (Å²) in [6.07, 6.45) is 3.51. The second-order valence-electron chi connectivity index (χ2n) is 5.27. The summed E-state index contributed by atoms with van der Waals surface area (Å²) in [5.74, 6) is 0.323. The lowest BCUT2D eigenvalue weighted by molar-refractivity contribution is 0.100. The zero-order valence-corrected chi connectivity index (χ0v) is 11.4. The maximum atomic E-state index is 11.0. The summed E-state index contributed by atoms with van der Waals surface area (Å²) in [6.45, 7) is 0. The molecule has 1 heterocycles. The molecule has 0 unspecified atom stereocenters. The molecule has 0 radical (unpaired) electrons. The lowest BCUT2D eigenvalue weighted by Crippen LogP contribution is -2.19. The van der Waals surface area contributed by atoms with Crippen LogP contribution in [0.15, 0.2) is 28.8 Å². The Hall–Kier alpha value is -2.68. The zero-order chi connectivity index (χ0) is 14.9. The molecule has 0 bridgehead atoms. The quantitative estimate of drug-likeness (QED) is 0.928. The van der Waals surface area contributed by atoms with Gasteiger partial charge in [0.2, 0.25) is 17.6 Å². The molecular formula is C15H14N4O2. The second kappa shape index (κ2) is 5.02. The fraction of sp³-hybridized carbons (Fsp3) is 0.333. The van der Waals surface area contributed by atoms with Gasteiger partial charge >= 0.3 is 0 Å². The summed E-state index contributed by atoms with van der Waals surface area (Å²) in [7, 11) is 0. The van der Waals surface area contributed by atoms with Crippen LogP contribution in [0.2, 0.25) is 0 Å². The molecular weight excluding hydrogens is 268 g/mol. The van der Waals surface area contributed by atoms with E-state index in [2.05, 4.69) is 16.2 Å². The molecule has 6 nitrogen and oxygen atoms in total. The van der Waals surface area contributed by atoms with E-state index in [1.54, 1.807) is 24.3 Å². The molecule has 3 rings (SSSR count). The van der Waals surface area contributed by atoms with Crippen molar-refractivity contribution in [2.75, 3.05) is 0 Å². The third kappa shape index (κ3) is 2.27. The Bertz CT molecular complexity index is 706. The van der Waals surface area contributed by atoms with E-state index in [-0.39, 0.29) is 0 Å². The van der Waals surface area contributed by atoms with Crippen molar-refractivity contribution in [1.29, 1.82) is 5.26 Å². The Morgan fingerprint density at radius 1 is 1.29 bits per heavy atom. The van der Waals surface area contributed by atoms with Crippen LogP contribution in [0.4, 0.5) is 0 Å². The Morgan fingerprint density at radius 3 is 2.52 bits per heavy atom. The number of rotatable bonds is 3. The van der Waals surface area contributed by atoms with Crippen LogP contribution in [0.5, 0.6) is 0 Å². The van der Waals surface area contributed by atoms with E-state index >= 15 is 0 Å². The van der Waals surface area contributed by atoms with Crippen molar-refractivity contribution >= 4 is 5.91 Å². The molecule has 0 saturated heterocycles. The topological polar surface area (TPSA) is 106 Å². The Kier molecular flexibility index (Phi) is 3.18. The molecule has 21 heavy (non-hydrogen) atoms. The first-order chi connectivity index (χ1) is 10.1. The minimum atomic E-state index is -0.640. The predicted molar refractivity (Wildman–Crippen MR) is 74.0 cm³/mol. The van der Waals surface area contributed by atoms with E-state index < -0.39 is 11.3 Å². The third-order valence-corrected chi connectivity index (χ3v) is 3.93. The van der Waals surface area contributed by atoms with Gasteiger partial charge in [-0.25, -0.2) is 0 Å². The average Bonchev–Trinajstić information content (AvgIpc) is 3.17. The molecule has 1 aromatic heterocycles.